The summed E-state index contributed by atoms with van der Waals surface area (Å²) in [6.07, 6.45) is 3.35. The molecule has 0 spiro atoms. The van der Waals surface area contributed by atoms with Crippen molar-refractivity contribution in [3.8, 4) is 56.9 Å². The number of rotatable bonds is 4. The number of hydrogen-bond donors (Lipinski definition) is 0. The highest BCUT2D eigenvalue weighted by Gasteiger charge is 2.12. The van der Waals surface area contributed by atoms with Gasteiger partial charge >= 0.3 is 0 Å². The van der Waals surface area contributed by atoms with Crippen LogP contribution in [-0.4, -0.2) is 9.97 Å². The summed E-state index contributed by atoms with van der Waals surface area (Å²) >= 11 is 0. The zero-order valence-corrected chi connectivity index (χ0v) is 24.6. The molecule has 0 bridgehead atoms. The van der Waals surface area contributed by atoms with Gasteiger partial charge in [0.15, 0.2) is 0 Å². The highest BCUT2D eigenvalue weighted by Crippen LogP contribution is 2.39. The molecule has 0 radical (unpaired) electrons. The van der Waals surface area contributed by atoms with E-state index in [2.05, 4.69) is 131 Å². The molecule has 46 heavy (non-hydrogen) atoms. The Bertz CT molecular complexity index is 2330. The molecular formula is C42H24N4. The lowest BCUT2D eigenvalue weighted by atomic mass is 9.90. The summed E-state index contributed by atoms with van der Waals surface area (Å²) in [6.45, 7) is 0. The van der Waals surface area contributed by atoms with Crippen molar-refractivity contribution in [3.63, 3.8) is 0 Å². The number of benzene rings is 6. The van der Waals surface area contributed by atoms with Gasteiger partial charge < -0.3 is 0 Å². The number of fused-ring (bicyclic) bond motifs is 6. The average molecular weight is 585 g/mol. The van der Waals surface area contributed by atoms with E-state index in [1.807, 2.05) is 12.1 Å². The number of pyridine rings is 2. The first-order valence-electron chi connectivity index (χ1n) is 15.0. The van der Waals surface area contributed by atoms with E-state index >= 15 is 0 Å². The van der Waals surface area contributed by atoms with Gasteiger partial charge in [-0.1, -0.05) is 97.1 Å². The van der Waals surface area contributed by atoms with Crippen LogP contribution in [0.4, 0.5) is 0 Å². The second-order valence-electron chi connectivity index (χ2n) is 11.3. The van der Waals surface area contributed by atoms with E-state index in [-0.39, 0.29) is 0 Å². The first-order chi connectivity index (χ1) is 22.7. The molecule has 0 fully saturated rings. The monoisotopic (exact) mass is 584 g/mol. The predicted octanol–water partition coefficient (Wildman–Crippen LogP) is 10.3. The Morgan fingerprint density at radius 3 is 1.13 bits per heavy atom. The van der Waals surface area contributed by atoms with Crippen molar-refractivity contribution in [1.29, 1.82) is 10.5 Å². The largest absolute Gasteiger partial charge is 0.256 e. The molecule has 8 rings (SSSR count). The minimum atomic E-state index is 0.601. The highest BCUT2D eigenvalue weighted by molar-refractivity contribution is 6.26. The van der Waals surface area contributed by atoms with Crippen LogP contribution < -0.4 is 0 Å². The van der Waals surface area contributed by atoms with E-state index in [0.717, 1.165) is 44.8 Å². The second-order valence-corrected chi connectivity index (χ2v) is 11.3. The standard InChI is InChI=1S/C42H24N4/c43-25-27-17-19-45-41(21-27)31-9-5-29(6-10-31)33-13-15-37-38-16-14-34(24-40(38)36-4-2-1-3-35(36)39(37)23-33)30-7-11-32(12-8-30)42-22-28(26-44)18-20-46-42/h1-24H. The first kappa shape index (κ1) is 27.0. The molecule has 0 aliphatic carbocycles. The maximum Gasteiger partial charge on any atom is 0.0992 e. The molecule has 212 valence electrons. The Hall–Kier alpha value is -6.62. The molecule has 0 N–H and O–H groups in total. The lowest BCUT2D eigenvalue weighted by molar-refractivity contribution is 1.31. The van der Waals surface area contributed by atoms with Gasteiger partial charge in [0.1, 0.15) is 0 Å². The van der Waals surface area contributed by atoms with Crippen LogP contribution >= 0.6 is 0 Å². The van der Waals surface area contributed by atoms with Gasteiger partial charge in [0, 0.05) is 23.5 Å². The van der Waals surface area contributed by atoms with E-state index in [0.29, 0.717) is 11.1 Å². The van der Waals surface area contributed by atoms with Gasteiger partial charge in [0.05, 0.1) is 34.7 Å². The summed E-state index contributed by atoms with van der Waals surface area (Å²) in [5.74, 6) is 0. The SMILES string of the molecule is N#Cc1ccnc(-c2ccc(-c3ccc4c5ccc(-c6ccc(-c7cc(C#N)ccn7)cc6)cc5c5ccccc5c4c3)cc2)c1. The summed E-state index contributed by atoms with van der Waals surface area (Å²) in [5.41, 5.74) is 9.29. The zero-order valence-electron chi connectivity index (χ0n) is 24.6. The van der Waals surface area contributed by atoms with Gasteiger partial charge in [-0.25, -0.2) is 0 Å². The number of nitriles is 2. The van der Waals surface area contributed by atoms with E-state index in [1.165, 1.54) is 32.3 Å². The van der Waals surface area contributed by atoms with Crippen molar-refractivity contribution >= 4 is 32.3 Å². The van der Waals surface area contributed by atoms with Crippen LogP contribution in [0.2, 0.25) is 0 Å². The predicted molar refractivity (Wildman–Crippen MR) is 186 cm³/mol. The molecule has 0 saturated heterocycles. The van der Waals surface area contributed by atoms with Crippen LogP contribution in [0.15, 0.2) is 146 Å². The molecule has 4 heteroatoms. The minimum absolute atomic E-state index is 0.601. The van der Waals surface area contributed by atoms with Crippen molar-refractivity contribution in [1.82, 2.24) is 9.97 Å². The van der Waals surface area contributed by atoms with Crippen molar-refractivity contribution in [2.24, 2.45) is 0 Å². The topological polar surface area (TPSA) is 73.4 Å². The zero-order chi connectivity index (χ0) is 31.0. The molecule has 0 saturated carbocycles. The van der Waals surface area contributed by atoms with Gasteiger partial charge in [-0.2, -0.15) is 10.5 Å². The Balaban J connectivity index is 1.19. The number of hydrogen-bond acceptors (Lipinski definition) is 4. The van der Waals surface area contributed by atoms with Crippen LogP contribution in [0.3, 0.4) is 0 Å². The molecule has 8 aromatic rings. The van der Waals surface area contributed by atoms with Crippen molar-refractivity contribution < 1.29 is 0 Å². The molecule has 0 aliphatic rings. The first-order valence-corrected chi connectivity index (χ1v) is 15.0. The molecule has 0 amide bonds. The Kier molecular flexibility index (Phi) is 6.53. The summed E-state index contributed by atoms with van der Waals surface area (Å²) in [4.78, 5) is 8.90. The minimum Gasteiger partial charge on any atom is -0.256 e. The molecule has 0 unspecified atom stereocenters. The normalized spacial score (nSPS) is 11.0. The van der Waals surface area contributed by atoms with Gasteiger partial charge in [-0.05, 0) is 91.0 Å². The fourth-order valence-electron chi connectivity index (χ4n) is 6.30. The van der Waals surface area contributed by atoms with Crippen LogP contribution in [-0.2, 0) is 0 Å². The van der Waals surface area contributed by atoms with Crippen molar-refractivity contribution in [3.05, 3.63) is 157 Å². The molecule has 2 heterocycles. The van der Waals surface area contributed by atoms with Crippen molar-refractivity contribution in [2.45, 2.75) is 0 Å². The number of aromatic nitrogens is 2. The van der Waals surface area contributed by atoms with Crippen molar-refractivity contribution in [2.75, 3.05) is 0 Å². The maximum atomic E-state index is 9.27. The van der Waals surface area contributed by atoms with Crippen LogP contribution in [0.5, 0.6) is 0 Å². The Labute approximate surface area is 266 Å². The van der Waals surface area contributed by atoms with E-state index in [4.69, 9.17) is 0 Å². The van der Waals surface area contributed by atoms with E-state index < -0.39 is 0 Å². The highest BCUT2D eigenvalue weighted by atomic mass is 14.7. The Morgan fingerprint density at radius 1 is 0.348 bits per heavy atom. The third-order valence-corrected chi connectivity index (χ3v) is 8.64. The van der Waals surface area contributed by atoms with Crippen LogP contribution in [0.1, 0.15) is 11.1 Å². The lowest BCUT2D eigenvalue weighted by Gasteiger charge is -2.14. The fourth-order valence-corrected chi connectivity index (χ4v) is 6.30. The maximum absolute atomic E-state index is 9.27. The Morgan fingerprint density at radius 2 is 0.717 bits per heavy atom. The molecular weight excluding hydrogens is 560 g/mol. The van der Waals surface area contributed by atoms with Gasteiger partial charge in [-0.3, -0.25) is 9.97 Å². The smallest absolute Gasteiger partial charge is 0.0992 e. The van der Waals surface area contributed by atoms with Gasteiger partial charge in [0.2, 0.25) is 0 Å². The summed E-state index contributed by atoms with van der Waals surface area (Å²) < 4.78 is 0. The van der Waals surface area contributed by atoms with E-state index in [9.17, 15) is 10.5 Å². The van der Waals surface area contributed by atoms with Gasteiger partial charge in [-0.15, -0.1) is 0 Å². The molecule has 2 aromatic heterocycles. The molecule has 0 aliphatic heterocycles. The van der Waals surface area contributed by atoms with Gasteiger partial charge in [0.25, 0.3) is 0 Å². The summed E-state index contributed by atoms with van der Waals surface area (Å²) in [5, 5.41) is 25.9. The lowest BCUT2D eigenvalue weighted by Crippen LogP contribution is -1.88. The van der Waals surface area contributed by atoms with Crippen LogP contribution in [0, 0.1) is 22.7 Å². The molecule has 6 aromatic carbocycles. The fraction of sp³-hybridized carbons (Fsp3) is 0. The third-order valence-electron chi connectivity index (χ3n) is 8.64. The number of nitrogens with zero attached hydrogens (tertiary/aromatic N) is 4. The van der Waals surface area contributed by atoms with E-state index in [1.54, 1.807) is 24.5 Å². The molecule has 0 atom stereocenters. The second kappa shape index (κ2) is 11.1. The summed E-state index contributed by atoms with van der Waals surface area (Å²) in [6, 6.07) is 50.3. The third kappa shape index (κ3) is 4.72. The van der Waals surface area contributed by atoms with Crippen LogP contribution in [0.25, 0.3) is 77.1 Å². The average Bonchev–Trinajstić information content (AvgIpc) is 3.14. The summed E-state index contributed by atoms with van der Waals surface area (Å²) in [7, 11) is 0. The quantitative estimate of drug-likeness (QED) is 0.193. The molecule has 4 nitrogen and oxygen atoms in total.